The number of hydrogen-bond donors (Lipinski definition) is 1. The van der Waals surface area contributed by atoms with Crippen molar-refractivity contribution in [1.29, 1.82) is 0 Å². The van der Waals surface area contributed by atoms with Crippen LogP contribution in [0, 0.1) is 0 Å². The molecule has 0 bridgehead atoms. The number of nitrogens with zero attached hydrogens (tertiary/aromatic N) is 1. The second kappa shape index (κ2) is 3.33. The molecule has 0 saturated carbocycles. The fraction of sp³-hybridized carbons (Fsp3) is 0. The number of H-pyrrole nitrogens is 1. The first-order valence-corrected chi connectivity index (χ1v) is 4.09. The standard InChI is InChI=1S/C10H7N2O2/c13-8-3-1-7(2-4-8)9-5-6-10(14)12-11-9/h1-6H,(H,12,14). The zero-order valence-corrected chi connectivity index (χ0v) is 7.23. The Morgan fingerprint density at radius 3 is 2.29 bits per heavy atom. The third-order valence-electron chi connectivity index (χ3n) is 1.83. The minimum Gasteiger partial charge on any atom is -0.290 e. The van der Waals surface area contributed by atoms with Crippen LogP contribution in [0.1, 0.15) is 0 Å². The summed E-state index contributed by atoms with van der Waals surface area (Å²) in [5.41, 5.74) is 1.21. The molecule has 69 valence electrons. The molecular weight excluding hydrogens is 180 g/mol. The Bertz CT molecular complexity index is 468. The molecule has 2 aromatic rings. The van der Waals surface area contributed by atoms with Crippen LogP contribution in [0.25, 0.3) is 11.3 Å². The molecule has 4 heteroatoms. The molecule has 1 aromatic heterocycles. The van der Waals surface area contributed by atoms with E-state index in [-0.39, 0.29) is 11.3 Å². The molecule has 14 heavy (non-hydrogen) atoms. The summed E-state index contributed by atoms with van der Waals surface area (Å²) in [4.78, 5) is 10.7. The van der Waals surface area contributed by atoms with Gasteiger partial charge in [-0.05, 0) is 30.3 Å². The van der Waals surface area contributed by atoms with Gasteiger partial charge >= 0.3 is 0 Å². The van der Waals surface area contributed by atoms with E-state index in [1.807, 2.05) is 0 Å². The summed E-state index contributed by atoms with van der Waals surface area (Å²) in [7, 11) is 0. The molecule has 0 aliphatic carbocycles. The summed E-state index contributed by atoms with van der Waals surface area (Å²) in [6.07, 6.45) is 0. The highest BCUT2D eigenvalue weighted by Gasteiger charge is 1.98. The molecular formula is C10H7N2O2. The molecule has 1 heterocycles. The lowest BCUT2D eigenvalue weighted by Crippen LogP contribution is -2.05. The Labute approximate surface area is 79.9 Å². The number of nitrogens with one attached hydrogen (secondary N) is 1. The smallest absolute Gasteiger partial charge is 0.264 e. The van der Waals surface area contributed by atoms with Crippen molar-refractivity contribution in [2.24, 2.45) is 0 Å². The van der Waals surface area contributed by atoms with Gasteiger partial charge in [0, 0.05) is 11.6 Å². The molecule has 1 aromatic carbocycles. The lowest BCUT2D eigenvalue weighted by Gasteiger charge is -1.97. The van der Waals surface area contributed by atoms with Crippen LogP contribution in [0.2, 0.25) is 0 Å². The van der Waals surface area contributed by atoms with Crippen molar-refractivity contribution in [2.75, 3.05) is 0 Å². The minimum absolute atomic E-state index is 0.0434. The molecule has 1 radical (unpaired) electrons. The van der Waals surface area contributed by atoms with Crippen molar-refractivity contribution in [3.05, 3.63) is 46.8 Å². The maximum absolute atomic E-state index is 10.8. The fourth-order valence-corrected chi connectivity index (χ4v) is 1.13. The Balaban J connectivity index is 2.44. The van der Waals surface area contributed by atoms with Gasteiger partial charge in [-0.2, -0.15) is 5.10 Å². The average molecular weight is 187 g/mol. The van der Waals surface area contributed by atoms with Gasteiger partial charge in [0.25, 0.3) is 5.56 Å². The van der Waals surface area contributed by atoms with Gasteiger partial charge in [0.05, 0.1) is 5.69 Å². The number of aromatic nitrogens is 2. The van der Waals surface area contributed by atoms with E-state index in [4.69, 9.17) is 0 Å². The highest BCUT2D eigenvalue weighted by atomic mass is 16.3. The summed E-state index contributed by atoms with van der Waals surface area (Å²) < 4.78 is 0. The van der Waals surface area contributed by atoms with E-state index in [1.165, 1.54) is 18.2 Å². The molecule has 0 atom stereocenters. The first-order valence-electron chi connectivity index (χ1n) is 4.09. The van der Waals surface area contributed by atoms with Crippen molar-refractivity contribution < 1.29 is 5.11 Å². The third-order valence-corrected chi connectivity index (χ3v) is 1.83. The maximum atomic E-state index is 10.8. The van der Waals surface area contributed by atoms with E-state index >= 15 is 0 Å². The number of benzene rings is 1. The van der Waals surface area contributed by atoms with Crippen LogP contribution in [-0.2, 0) is 5.11 Å². The van der Waals surface area contributed by atoms with E-state index in [0.717, 1.165) is 5.56 Å². The molecule has 0 aliphatic rings. The van der Waals surface area contributed by atoms with Crippen LogP contribution in [0.4, 0.5) is 0 Å². The van der Waals surface area contributed by atoms with Gasteiger partial charge in [-0.25, -0.2) is 5.10 Å². The van der Waals surface area contributed by atoms with E-state index in [0.29, 0.717) is 5.69 Å². The molecule has 0 aliphatic heterocycles. The molecule has 4 nitrogen and oxygen atoms in total. The largest absolute Gasteiger partial charge is 0.290 e. The topological polar surface area (TPSA) is 65.7 Å². The van der Waals surface area contributed by atoms with Gasteiger partial charge in [-0.15, -0.1) is 0 Å². The van der Waals surface area contributed by atoms with Crippen molar-refractivity contribution >= 4 is 0 Å². The number of rotatable bonds is 1. The predicted octanol–water partition coefficient (Wildman–Crippen LogP) is 1.58. The molecule has 1 N–H and O–H groups in total. The quantitative estimate of drug-likeness (QED) is 0.736. The van der Waals surface area contributed by atoms with Crippen LogP contribution in [0.3, 0.4) is 0 Å². The van der Waals surface area contributed by atoms with Crippen LogP contribution in [-0.4, -0.2) is 10.2 Å². The number of hydrogen-bond acceptors (Lipinski definition) is 2. The molecule has 0 unspecified atom stereocenters. The van der Waals surface area contributed by atoms with Gasteiger partial charge in [-0.1, -0.05) is 0 Å². The lowest BCUT2D eigenvalue weighted by atomic mass is 10.1. The summed E-state index contributed by atoms with van der Waals surface area (Å²) in [5, 5.41) is 17.0. The fourth-order valence-electron chi connectivity index (χ4n) is 1.13. The average Bonchev–Trinajstić information content (AvgIpc) is 2.21. The zero-order chi connectivity index (χ0) is 9.97. The second-order valence-electron chi connectivity index (χ2n) is 2.83. The first kappa shape index (κ1) is 8.50. The third kappa shape index (κ3) is 1.64. The summed E-state index contributed by atoms with van der Waals surface area (Å²) in [5.74, 6) is -0.0434. The first-order chi connectivity index (χ1) is 6.75. The van der Waals surface area contributed by atoms with Crippen molar-refractivity contribution in [3.63, 3.8) is 0 Å². The maximum Gasteiger partial charge on any atom is 0.264 e. The van der Waals surface area contributed by atoms with E-state index in [2.05, 4.69) is 10.2 Å². The highest BCUT2D eigenvalue weighted by molar-refractivity contribution is 5.58. The molecule has 0 fully saturated rings. The van der Waals surface area contributed by atoms with E-state index in [9.17, 15) is 9.90 Å². The molecule has 0 amide bonds. The molecule has 0 saturated heterocycles. The number of aromatic amines is 1. The Hall–Kier alpha value is -2.10. The van der Waals surface area contributed by atoms with Crippen LogP contribution < -0.4 is 5.56 Å². The van der Waals surface area contributed by atoms with Crippen molar-refractivity contribution in [1.82, 2.24) is 10.2 Å². The highest BCUT2D eigenvalue weighted by Crippen LogP contribution is 2.18. The molecule has 2 rings (SSSR count). The SMILES string of the molecule is [O]c1ccc(-c2ccc(=O)[nH]n2)cc1. The molecule has 0 spiro atoms. The van der Waals surface area contributed by atoms with E-state index < -0.39 is 0 Å². The zero-order valence-electron chi connectivity index (χ0n) is 7.23. The summed E-state index contributed by atoms with van der Waals surface area (Å²) >= 11 is 0. The van der Waals surface area contributed by atoms with Crippen molar-refractivity contribution in [2.45, 2.75) is 0 Å². The predicted molar refractivity (Wildman–Crippen MR) is 50.4 cm³/mol. The van der Waals surface area contributed by atoms with Crippen LogP contribution >= 0.6 is 0 Å². The monoisotopic (exact) mass is 187 g/mol. The van der Waals surface area contributed by atoms with Gasteiger partial charge in [-0.3, -0.25) is 9.90 Å². The van der Waals surface area contributed by atoms with E-state index in [1.54, 1.807) is 18.2 Å². The summed E-state index contributed by atoms with van der Waals surface area (Å²) in [6, 6.07) is 9.27. The normalized spacial score (nSPS) is 10.0. The van der Waals surface area contributed by atoms with Crippen molar-refractivity contribution in [3.8, 4) is 17.0 Å². The van der Waals surface area contributed by atoms with Gasteiger partial charge in [0.15, 0.2) is 5.75 Å². The van der Waals surface area contributed by atoms with Crippen LogP contribution in [0.5, 0.6) is 5.75 Å². The lowest BCUT2D eigenvalue weighted by molar-refractivity contribution is 0.355. The van der Waals surface area contributed by atoms with Gasteiger partial charge < -0.3 is 0 Å². The Morgan fingerprint density at radius 2 is 1.71 bits per heavy atom. The minimum atomic E-state index is -0.241. The summed E-state index contributed by atoms with van der Waals surface area (Å²) in [6.45, 7) is 0. The van der Waals surface area contributed by atoms with Crippen LogP contribution in [0.15, 0.2) is 41.2 Å². The van der Waals surface area contributed by atoms with Gasteiger partial charge in [0.2, 0.25) is 0 Å². The Morgan fingerprint density at radius 1 is 1.00 bits per heavy atom. The second-order valence-corrected chi connectivity index (χ2v) is 2.83. The Kier molecular flexibility index (Phi) is 2.02. The van der Waals surface area contributed by atoms with Gasteiger partial charge in [0.1, 0.15) is 0 Å².